The largest absolute Gasteiger partial charge is 0.493 e. The van der Waals surface area contributed by atoms with E-state index in [1.807, 2.05) is 6.07 Å². The van der Waals surface area contributed by atoms with Gasteiger partial charge in [0, 0.05) is 0 Å². The molecule has 0 spiro atoms. The fraction of sp³-hybridized carbons (Fsp3) is 0.562. The van der Waals surface area contributed by atoms with E-state index < -0.39 is 5.97 Å². The van der Waals surface area contributed by atoms with Gasteiger partial charge in [-0.05, 0) is 74.4 Å². The van der Waals surface area contributed by atoms with Crippen LogP contribution in [0.2, 0.25) is 0 Å². The summed E-state index contributed by atoms with van der Waals surface area (Å²) in [4.78, 5) is 11.1. The number of halogens is 1. The van der Waals surface area contributed by atoms with E-state index in [0.29, 0.717) is 17.4 Å². The number of carbonyl (C=O) groups is 1. The highest BCUT2D eigenvalue weighted by atomic mass is 35.5. The van der Waals surface area contributed by atoms with E-state index in [1.54, 1.807) is 12.1 Å². The van der Waals surface area contributed by atoms with Crippen molar-refractivity contribution in [3.8, 4) is 5.75 Å². The van der Waals surface area contributed by atoms with Crippen molar-refractivity contribution in [1.29, 1.82) is 0 Å². The monoisotopic (exact) mass is 311 g/mol. The zero-order valence-electron chi connectivity index (χ0n) is 12.0. The van der Waals surface area contributed by atoms with Gasteiger partial charge in [-0.15, -0.1) is 12.4 Å². The molecular formula is C16H22ClNO3. The van der Waals surface area contributed by atoms with Gasteiger partial charge in [-0.2, -0.15) is 0 Å². The molecule has 1 saturated heterocycles. The van der Waals surface area contributed by atoms with E-state index >= 15 is 0 Å². The highest BCUT2D eigenvalue weighted by Gasteiger charge is 2.28. The maximum Gasteiger partial charge on any atom is 0.335 e. The van der Waals surface area contributed by atoms with Gasteiger partial charge in [0.15, 0.2) is 0 Å². The second-order valence-corrected chi connectivity index (χ2v) is 5.84. The lowest BCUT2D eigenvalue weighted by Crippen LogP contribution is -2.30. The Morgan fingerprint density at radius 3 is 2.57 bits per heavy atom. The van der Waals surface area contributed by atoms with E-state index in [9.17, 15) is 4.79 Å². The number of benzene rings is 1. The van der Waals surface area contributed by atoms with Crippen molar-refractivity contribution in [2.75, 3.05) is 19.7 Å². The molecule has 1 aromatic rings. The van der Waals surface area contributed by atoms with E-state index in [2.05, 4.69) is 5.32 Å². The quantitative estimate of drug-likeness (QED) is 0.877. The lowest BCUT2D eigenvalue weighted by molar-refractivity contribution is 0.0696. The Hall–Kier alpha value is -1.26. The maximum absolute atomic E-state index is 11.1. The molecule has 3 rings (SSSR count). The Labute approximate surface area is 131 Å². The average Bonchev–Trinajstić information content (AvgIpc) is 3.30. The molecule has 5 heteroatoms. The predicted molar refractivity (Wildman–Crippen MR) is 83.7 cm³/mol. The van der Waals surface area contributed by atoms with Crippen LogP contribution in [0.4, 0.5) is 0 Å². The minimum Gasteiger partial charge on any atom is -0.493 e. The predicted octanol–water partition coefficient (Wildman–Crippen LogP) is 3.06. The van der Waals surface area contributed by atoms with Gasteiger partial charge >= 0.3 is 5.97 Å². The first kappa shape index (κ1) is 16.1. The van der Waals surface area contributed by atoms with E-state index in [1.165, 1.54) is 0 Å². The topological polar surface area (TPSA) is 58.6 Å². The van der Waals surface area contributed by atoms with E-state index in [-0.39, 0.29) is 12.4 Å². The summed E-state index contributed by atoms with van der Waals surface area (Å²) in [6.45, 7) is 2.89. The molecule has 4 nitrogen and oxygen atoms in total. The van der Waals surface area contributed by atoms with Crippen LogP contribution in [0.1, 0.15) is 47.5 Å². The van der Waals surface area contributed by atoms with Crippen LogP contribution in [0.15, 0.2) is 18.2 Å². The first-order chi connectivity index (χ1) is 9.74. The van der Waals surface area contributed by atoms with Gasteiger partial charge in [0.05, 0.1) is 12.2 Å². The highest BCUT2D eigenvalue weighted by molar-refractivity contribution is 5.88. The third-order valence-corrected chi connectivity index (χ3v) is 4.21. The summed E-state index contributed by atoms with van der Waals surface area (Å²) in [7, 11) is 0. The van der Waals surface area contributed by atoms with Crippen molar-refractivity contribution < 1.29 is 14.6 Å². The molecule has 2 fully saturated rings. The van der Waals surface area contributed by atoms with Crippen LogP contribution in [-0.4, -0.2) is 30.8 Å². The van der Waals surface area contributed by atoms with Crippen molar-refractivity contribution in [2.24, 2.45) is 5.92 Å². The second-order valence-electron chi connectivity index (χ2n) is 5.84. The van der Waals surface area contributed by atoms with E-state index in [0.717, 1.165) is 56.7 Å². The molecular weight excluding hydrogens is 290 g/mol. The number of rotatable bonds is 5. The van der Waals surface area contributed by atoms with Gasteiger partial charge in [0.2, 0.25) is 0 Å². The molecule has 0 amide bonds. The molecule has 0 aromatic heterocycles. The summed E-state index contributed by atoms with van der Waals surface area (Å²) < 4.78 is 5.99. The molecule has 2 N–H and O–H groups in total. The third kappa shape index (κ3) is 4.11. The summed E-state index contributed by atoms with van der Waals surface area (Å²) in [5, 5.41) is 12.4. The van der Waals surface area contributed by atoms with Crippen LogP contribution in [0.25, 0.3) is 0 Å². The number of hydrogen-bond acceptors (Lipinski definition) is 3. The number of nitrogens with one attached hydrogen (secondary N) is 1. The molecule has 21 heavy (non-hydrogen) atoms. The van der Waals surface area contributed by atoms with Crippen molar-refractivity contribution in [2.45, 2.75) is 31.6 Å². The summed E-state index contributed by atoms with van der Waals surface area (Å²) in [5.74, 6) is 1.13. The standard InChI is InChI=1S/C16H21NO3.ClH/c18-16(19)13-3-4-15(14(9-13)12-1-2-12)20-10-11-5-7-17-8-6-11;/h3-4,9,11-12,17H,1-2,5-8,10H2,(H,18,19);1H. The van der Waals surface area contributed by atoms with Crippen LogP contribution < -0.4 is 10.1 Å². The fourth-order valence-corrected chi connectivity index (χ4v) is 2.78. The lowest BCUT2D eigenvalue weighted by Gasteiger charge is -2.23. The normalized spacial score (nSPS) is 18.9. The summed E-state index contributed by atoms with van der Waals surface area (Å²) in [5.41, 5.74) is 1.44. The highest BCUT2D eigenvalue weighted by Crippen LogP contribution is 2.44. The van der Waals surface area contributed by atoms with Gasteiger partial charge in [-0.25, -0.2) is 4.79 Å². The molecule has 1 aliphatic carbocycles. The van der Waals surface area contributed by atoms with Gasteiger partial charge in [0.25, 0.3) is 0 Å². The summed E-state index contributed by atoms with van der Waals surface area (Å²) in [6, 6.07) is 5.27. The molecule has 0 atom stereocenters. The van der Waals surface area contributed by atoms with Crippen molar-refractivity contribution in [3.63, 3.8) is 0 Å². The first-order valence-corrected chi connectivity index (χ1v) is 7.45. The van der Waals surface area contributed by atoms with Crippen LogP contribution in [0, 0.1) is 5.92 Å². The number of piperidine rings is 1. The van der Waals surface area contributed by atoms with E-state index in [4.69, 9.17) is 9.84 Å². The van der Waals surface area contributed by atoms with Crippen molar-refractivity contribution in [3.05, 3.63) is 29.3 Å². The minimum atomic E-state index is -0.864. The van der Waals surface area contributed by atoms with Crippen molar-refractivity contribution in [1.82, 2.24) is 5.32 Å². The summed E-state index contributed by atoms with van der Waals surface area (Å²) >= 11 is 0. The fourth-order valence-electron chi connectivity index (χ4n) is 2.78. The zero-order valence-corrected chi connectivity index (χ0v) is 12.8. The molecule has 0 unspecified atom stereocenters. The van der Waals surface area contributed by atoms with Crippen LogP contribution in [0.3, 0.4) is 0 Å². The Bertz CT molecular complexity index is 496. The number of aromatic carboxylic acids is 1. The number of carboxylic acids is 1. The van der Waals surface area contributed by atoms with Gasteiger partial charge in [-0.3, -0.25) is 0 Å². The Kier molecular flexibility index (Phi) is 5.48. The molecule has 1 aliphatic heterocycles. The smallest absolute Gasteiger partial charge is 0.335 e. The van der Waals surface area contributed by atoms with Crippen LogP contribution in [-0.2, 0) is 0 Å². The number of carboxylic acid groups (broad SMARTS) is 1. The molecule has 0 bridgehead atoms. The Morgan fingerprint density at radius 1 is 1.24 bits per heavy atom. The van der Waals surface area contributed by atoms with Gasteiger partial charge in [0.1, 0.15) is 5.75 Å². The number of ether oxygens (including phenoxy) is 1. The minimum absolute atomic E-state index is 0. The molecule has 2 aliphatic rings. The lowest BCUT2D eigenvalue weighted by atomic mass is 9.99. The van der Waals surface area contributed by atoms with Gasteiger partial charge < -0.3 is 15.2 Å². The maximum atomic E-state index is 11.1. The summed E-state index contributed by atoms with van der Waals surface area (Å²) in [6.07, 6.45) is 4.61. The molecule has 1 aromatic carbocycles. The third-order valence-electron chi connectivity index (χ3n) is 4.21. The van der Waals surface area contributed by atoms with Crippen LogP contribution >= 0.6 is 12.4 Å². The number of hydrogen-bond donors (Lipinski definition) is 2. The van der Waals surface area contributed by atoms with Crippen molar-refractivity contribution >= 4 is 18.4 Å². The zero-order chi connectivity index (χ0) is 13.9. The van der Waals surface area contributed by atoms with Gasteiger partial charge in [-0.1, -0.05) is 0 Å². The molecule has 1 heterocycles. The first-order valence-electron chi connectivity index (χ1n) is 7.45. The second kappa shape index (κ2) is 7.14. The molecule has 1 saturated carbocycles. The molecule has 0 radical (unpaired) electrons. The average molecular weight is 312 g/mol. The Balaban J connectivity index is 0.00000161. The van der Waals surface area contributed by atoms with Crippen LogP contribution in [0.5, 0.6) is 5.75 Å². The molecule has 116 valence electrons. The SMILES string of the molecule is Cl.O=C(O)c1ccc(OCC2CCNCC2)c(C2CC2)c1. The Morgan fingerprint density at radius 2 is 1.95 bits per heavy atom.